The summed E-state index contributed by atoms with van der Waals surface area (Å²) in [5.74, 6) is -1.71. The molecule has 9 heteroatoms. The third kappa shape index (κ3) is 4.77. The standard InChI is InChI=1S/C15H13FN4O4/c16-11-4-2-5-12(8-11)17-9-14(21)18-19-15(22)10-3-1-6-13(7-10)20(23)24/h1-8,17H,9H2,(H,18,21)(H,19,22). The number of rotatable bonds is 5. The zero-order valence-corrected chi connectivity index (χ0v) is 12.3. The quantitative estimate of drug-likeness (QED) is 0.568. The summed E-state index contributed by atoms with van der Waals surface area (Å²) in [6.45, 7) is -0.196. The molecule has 3 N–H and O–H groups in total. The second-order valence-corrected chi connectivity index (χ2v) is 4.67. The molecule has 0 unspecified atom stereocenters. The Morgan fingerprint density at radius 3 is 2.54 bits per heavy atom. The van der Waals surface area contributed by atoms with Crippen LogP contribution in [-0.4, -0.2) is 23.3 Å². The Hall–Kier alpha value is -3.49. The van der Waals surface area contributed by atoms with Gasteiger partial charge in [0.05, 0.1) is 11.5 Å². The number of benzene rings is 2. The van der Waals surface area contributed by atoms with Gasteiger partial charge in [0.15, 0.2) is 0 Å². The minimum Gasteiger partial charge on any atom is -0.376 e. The predicted molar refractivity (Wildman–Crippen MR) is 83.6 cm³/mol. The molecule has 0 fully saturated rings. The predicted octanol–water partition coefficient (Wildman–Crippen LogP) is 1.61. The molecule has 0 radical (unpaired) electrons. The number of carbonyl (C=O) groups excluding carboxylic acids is 2. The molecular formula is C15H13FN4O4. The molecule has 0 aliphatic heterocycles. The van der Waals surface area contributed by atoms with Crippen molar-refractivity contribution >= 4 is 23.2 Å². The summed E-state index contributed by atoms with van der Waals surface area (Å²) >= 11 is 0. The van der Waals surface area contributed by atoms with E-state index in [9.17, 15) is 24.1 Å². The highest BCUT2D eigenvalue weighted by molar-refractivity contribution is 5.96. The van der Waals surface area contributed by atoms with Crippen LogP contribution in [0, 0.1) is 15.9 Å². The van der Waals surface area contributed by atoms with E-state index in [-0.39, 0.29) is 17.8 Å². The van der Waals surface area contributed by atoms with Crippen molar-refractivity contribution in [2.75, 3.05) is 11.9 Å². The molecule has 124 valence electrons. The molecule has 0 heterocycles. The number of hydrazine groups is 1. The van der Waals surface area contributed by atoms with E-state index in [2.05, 4.69) is 16.2 Å². The molecular weight excluding hydrogens is 319 g/mol. The fourth-order valence-electron chi connectivity index (χ4n) is 1.78. The van der Waals surface area contributed by atoms with E-state index < -0.39 is 22.6 Å². The number of nitrogens with one attached hydrogen (secondary N) is 3. The topological polar surface area (TPSA) is 113 Å². The van der Waals surface area contributed by atoms with Crippen molar-refractivity contribution in [1.82, 2.24) is 10.9 Å². The molecule has 2 aromatic carbocycles. The lowest BCUT2D eigenvalue weighted by Crippen LogP contribution is -2.44. The first-order chi connectivity index (χ1) is 11.5. The molecule has 2 aromatic rings. The number of hydrogen-bond acceptors (Lipinski definition) is 5. The van der Waals surface area contributed by atoms with Crippen LogP contribution in [0.4, 0.5) is 15.8 Å². The molecule has 0 aliphatic carbocycles. The van der Waals surface area contributed by atoms with Gasteiger partial charge in [-0.1, -0.05) is 12.1 Å². The SMILES string of the molecule is O=C(CNc1cccc(F)c1)NNC(=O)c1cccc([N+](=O)[O-])c1. The van der Waals surface area contributed by atoms with Gasteiger partial charge in [-0.2, -0.15) is 0 Å². The van der Waals surface area contributed by atoms with E-state index in [4.69, 9.17) is 0 Å². The maximum atomic E-state index is 13.0. The summed E-state index contributed by atoms with van der Waals surface area (Å²) in [6.07, 6.45) is 0. The second kappa shape index (κ2) is 7.68. The lowest BCUT2D eigenvalue weighted by atomic mass is 10.2. The molecule has 24 heavy (non-hydrogen) atoms. The molecule has 8 nitrogen and oxygen atoms in total. The van der Waals surface area contributed by atoms with Gasteiger partial charge in [0, 0.05) is 23.4 Å². The molecule has 2 rings (SSSR count). The molecule has 0 saturated heterocycles. The first-order valence-corrected chi connectivity index (χ1v) is 6.79. The molecule has 0 aromatic heterocycles. The maximum Gasteiger partial charge on any atom is 0.270 e. The monoisotopic (exact) mass is 332 g/mol. The van der Waals surface area contributed by atoms with Crippen LogP contribution < -0.4 is 16.2 Å². The van der Waals surface area contributed by atoms with Gasteiger partial charge >= 0.3 is 0 Å². The minimum atomic E-state index is -0.696. The Morgan fingerprint density at radius 2 is 1.83 bits per heavy atom. The zero-order valence-electron chi connectivity index (χ0n) is 12.3. The highest BCUT2D eigenvalue weighted by Crippen LogP contribution is 2.12. The number of nitro benzene ring substituents is 1. The number of halogens is 1. The second-order valence-electron chi connectivity index (χ2n) is 4.67. The molecule has 0 aliphatic rings. The smallest absolute Gasteiger partial charge is 0.270 e. The summed E-state index contributed by atoms with van der Waals surface area (Å²) in [6, 6.07) is 10.6. The van der Waals surface area contributed by atoms with E-state index in [0.29, 0.717) is 5.69 Å². The van der Waals surface area contributed by atoms with E-state index in [0.717, 1.165) is 6.07 Å². The Labute approximate surface area is 135 Å². The lowest BCUT2D eigenvalue weighted by Gasteiger charge is -2.09. The van der Waals surface area contributed by atoms with Gasteiger partial charge in [0.1, 0.15) is 5.82 Å². The van der Waals surface area contributed by atoms with Crippen molar-refractivity contribution in [3.8, 4) is 0 Å². The summed E-state index contributed by atoms with van der Waals surface area (Å²) in [7, 11) is 0. The number of non-ortho nitro benzene ring substituents is 1. The lowest BCUT2D eigenvalue weighted by molar-refractivity contribution is -0.384. The van der Waals surface area contributed by atoms with Gasteiger partial charge in [-0.15, -0.1) is 0 Å². The third-order valence-corrected chi connectivity index (χ3v) is 2.91. The van der Waals surface area contributed by atoms with Crippen LogP contribution in [0.2, 0.25) is 0 Å². The van der Waals surface area contributed by atoms with Crippen molar-refractivity contribution in [2.45, 2.75) is 0 Å². The van der Waals surface area contributed by atoms with Crippen LogP contribution in [0.5, 0.6) is 0 Å². The molecule has 0 spiro atoms. The highest BCUT2D eigenvalue weighted by atomic mass is 19.1. The number of amides is 2. The Balaban J connectivity index is 1.84. The van der Waals surface area contributed by atoms with E-state index in [1.54, 1.807) is 6.07 Å². The summed E-state index contributed by atoms with van der Waals surface area (Å²) in [5, 5.41) is 13.3. The molecule has 0 bridgehead atoms. The number of carbonyl (C=O) groups is 2. The van der Waals surface area contributed by atoms with Gasteiger partial charge < -0.3 is 5.32 Å². The molecule has 2 amide bonds. The van der Waals surface area contributed by atoms with Crippen LogP contribution in [0.1, 0.15) is 10.4 Å². The molecule has 0 saturated carbocycles. The number of nitro groups is 1. The average Bonchev–Trinajstić information content (AvgIpc) is 2.58. The number of hydrogen-bond donors (Lipinski definition) is 3. The van der Waals surface area contributed by atoms with Crippen LogP contribution in [-0.2, 0) is 4.79 Å². The summed E-state index contributed by atoms with van der Waals surface area (Å²) < 4.78 is 13.0. The van der Waals surface area contributed by atoms with Crippen LogP contribution in [0.25, 0.3) is 0 Å². The Morgan fingerprint density at radius 1 is 1.08 bits per heavy atom. The fourth-order valence-corrected chi connectivity index (χ4v) is 1.78. The zero-order chi connectivity index (χ0) is 17.5. The van der Waals surface area contributed by atoms with Crippen molar-refractivity contribution in [3.05, 3.63) is 70.0 Å². The van der Waals surface area contributed by atoms with Crippen molar-refractivity contribution in [3.63, 3.8) is 0 Å². The van der Waals surface area contributed by atoms with Crippen molar-refractivity contribution < 1.29 is 18.9 Å². The van der Waals surface area contributed by atoms with Crippen LogP contribution >= 0.6 is 0 Å². The largest absolute Gasteiger partial charge is 0.376 e. The van der Waals surface area contributed by atoms with Crippen LogP contribution in [0.15, 0.2) is 48.5 Å². The van der Waals surface area contributed by atoms with Crippen molar-refractivity contribution in [2.24, 2.45) is 0 Å². The normalized spacial score (nSPS) is 9.88. The van der Waals surface area contributed by atoms with Gasteiger partial charge in [-0.25, -0.2) is 4.39 Å². The van der Waals surface area contributed by atoms with E-state index in [1.165, 1.54) is 36.4 Å². The van der Waals surface area contributed by atoms with Gasteiger partial charge in [0.2, 0.25) is 0 Å². The Kier molecular flexibility index (Phi) is 5.40. The van der Waals surface area contributed by atoms with Gasteiger partial charge in [0.25, 0.3) is 17.5 Å². The first kappa shape index (κ1) is 16.9. The minimum absolute atomic E-state index is 0.0302. The van der Waals surface area contributed by atoms with E-state index in [1.807, 2.05) is 0 Å². The Bertz CT molecular complexity index is 782. The van der Waals surface area contributed by atoms with Crippen molar-refractivity contribution in [1.29, 1.82) is 0 Å². The van der Waals surface area contributed by atoms with E-state index >= 15 is 0 Å². The highest BCUT2D eigenvalue weighted by Gasteiger charge is 2.12. The summed E-state index contributed by atoms with van der Waals surface area (Å²) in [5.41, 5.74) is 4.50. The number of anilines is 1. The average molecular weight is 332 g/mol. The number of nitrogens with zero attached hydrogens (tertiary/aromatic N) is 1. The summed E-state index contributed by atoms with van der Waals surface area (Å²) in [4.78, 5) is 33.5. The molecule has 0 atom stereocenters. The van der Waals surface area contributed by atoms with Gasteiger partial charge in [-0.05, 0) is 24.3 Å². The first-order valence-electron chi connectivity index (χ1n) is 6.79. The van der Waals surface area contributed by atoms with Crippen LogP contribution in [0.3, 0.4) is 0 Å². The van der Waals surface area contributed by atoms with Gasteiger partial charge in [-0.3, -0.25) is 30.6 Å². The fraction of sp³-hybridized carbons (Fsp3) is 0.0667. The maximum absolute atomic E-state index is 13.0. The third-order valence-electron chi connectivity index (χ3n) is 2.91.